The molecular weight excluding hydrogens is 489 g/mol. The average Bonchev–Trinajstić information content (AvgIpc) is 2.87. The number of hydrogen-bond acceptors (Lipinski definition) is 4. The molecule has 4 nitrogen and oxygen atoms in total. The molecule has 8 heteroatoms. The average molecular weight is 533 g/mol. The van der Waals surface area contributed by atoms with Gasteiger partial charge in [0.1, 0.15) is 0 Å². The molecule has 0 saturated heterocycles. The summed E-state index contributed by atoms with van der Waals surface area (Å²) in [5.74, 6) is 0. The van der Waals surface area contributed by atoms with Crippen LogP contribution < -0.4 is 0 Å². The lowest BCUT2D eigenvalue weighted by Crippen LogP contribution is -2.51. The molecule has 0 bridgehead atoms. The first-order valence-electron chi connectivity index (χ1n) is 12.0. The van der Waals surface area contributed by atoms with Crippen LogP contribution in [0.15, 0.2) is 101 Å². The highest BCUT2D eigenvalue weighted by Gasteiger charge is 2.39. The normalized spacial score (nSPS) is 23.9. The van der Waals surface area contributed by atoms with Gasteiger partial charge < -0.3 is 17.7 Å². The van der Waals surface area contributed by atoms with E-state index in [4.69, 9.17) is 17.7 Å². The molecule has 188 valence electrons. The van der Waals surface area contributed by atoms with Gasteiger partial charge in [0, 0.05) is 35.0 Å². The lowest BCUT2D eigenvalue weighted by molar-refractivity contribution is -0.0725. The first kappa shape index (κ1) is 30.7. The largest absolute Gasteiger partial charge is 0.418 e. The molecule has 0 aromatic heterocycles. The predicted molar refractivity (Wildman–Crippen MR) is 159 cm³/mol. The van der Waals surface area contributed by atoms with Crippen LogP contribution >= 0.6 is 0 Å². The van der Waals surface area contributed by atoms with E-state index < -0.39 is 39.1 Å². The zero-order valence-electron chi connectivity index (χ0n) is 20.8. The minimum atomic E-state index is -0.884. The highest BCUT2D eigenvalue weighted by Crippen LogP contribution is 2.31. The molecule has 0 N–H and O–H groups in total. The maximum absolute atomic E-state index is 6.51. The van der Waals surface area contributed by atoms with Gasteiger partial charge in [0.05, 0.1) is 24.4 Å². The summed E-state index contributed by atoms with van der Waals surface area (Å²) in [5.41, 5.74) is 0.922. The van der Waals surface area contributed by atoms with Gasteiger partial charge in [-0.3, -0.25) is 0 Å². The Morgan fingerprint density at radius 1 is 0.412 bits per heavy atom. The van der Waals surface area contributed by atoms with Gasteiger partial charge in [-0.25, -0.2) is 0 Å². The van der Waals surface area contributed by atoms with Gasteiger partial charge in [-0.2, -0.15) is 0 Å². The second-order valence-corrected chi connectivity index (χ2v) is 14.9. The van der Waals surface area contributed by atoms with E-state index in [1.165, 1.54) is 0 Å². The number of hydrogen-bond donors (Lipinski definition) is 0. The Morgan fingerprint density at radius 2 is 0.588 bits per heavy atom. The van der Waals surface area contributed by atoms with Crippen LogP contribution in [0.1, 0.15) is 12.8 Å². The van der Waals surface area contributed by atoms with Crippen LogP contribution in [0.25, 0.3) is 0 Å². The molecule has 4 unspecified atom stereocenters. The first-order chi connectivity index (χ1) is 16.5. The second-order valence-electron chi connectivity index (χ2n) is 8.50. The molecule has 0 spiro atoms. The van der Waals surface area contributed by atoms with Crippen LogP contribution in [0.4, 0.5) is 0 Å². The lowest BCUT2D eigenvalue weighted by Gasteiger charge is -2.42. The fourth-order valence-electron chi connectivity index (χ4n) is 3.63. The van der Waals surface area contributed by atoms with Crippen molar-refractivity contribution in [3.05, 3.63) is 101 Å². The molecule has 0 aliphatic heterocycles. The summed E-state index contributed by atoms with van der Waals surface area (Å²) in [6, 6.07) is 0. The summed E-state index contributed by atoms with van der Waals surface area (Å²) < 4.78 is 26.0. The van der Waals surface area contributed by atoms with Crippen molar-refractivity contribution in [3.63, 3.8) is 0 Å². The van der Waals surface area contributed by atoms with Crippen molar-refractivity contribution in [3.8, 4) is 0 Å². The van der Waals surface area contributed by atoms with E-state index in [1.807, 2.05) is 48.6 Å². The van der Waals surface area contributed by atoms with E-state index >= 15 is 0 Å². The van der Waals surface area contributed by atoms with Crippen molar-refractivity contribution in [2.45, 2.75) is 59.4 Å². The topological polar surface area (TPSA) is 36.9 Å². The van der Waals surface area contributed by atoms with Gasteiger partial charge >= 0.3 is 0 Å². The Labute approximate surface area is 217 Å². The molecule has 4 atom stereocenters. The van der Waals surface area contributed by atoms with Gasteiger partial charge in [0.2, 0.25) is 0 Å². The molecule has 0 aromatic carbocycles. The Morgan fingerprint density at radius 3 is 0.735 bits per heavy atom. The summed E-state index contributed by atoms with van der Waals surface area (Å²) >= 11 is 0. The van der Waals surface area contributed by atoms with Gasteiger partial charge in [0.15, 0.2) is 39.1 Å². The van der Waals surface area contributed by atoms with Crippen molar-refractivity contribution in [2.75, 3.05) is 0 Å². The smallest absolute Gasteiger partial charge is 0.172 e. The van der Waals surface area contributed by atoms with Gasteiger partial charge in [0.25, 0.3) is 0 Å². The van der Waals surface area contributed by atoms with E-state index in [9.17, 15) is 0 Å². The van der Waals surface area contributed by atoms with Gasteiger partial charge in [-0.05, 0) is 0 Å². The highest BCUT2D eigenvalue weighted by atomic mass is 28.2. The Kier molecular flexibility index (Phi) is 16.2. The Balaban J connectivity index is 3.06. The van der Waals surface area contributed by atoms with E-state index in [0.29, 0.717) is 0 Å². The molecule has 0 amide bonds. The molecule has 1 aliphatic carbocycles. The summed E-state index contributed by atoms with van der Waals surface area (Å²) in [5, 5.41) is 0. The van der Waals surface area contributed by atoms with E-state index in [0.717, 1.165) is 12.8 Å². The summed E-state index contributed by atoms with van der Waals surface area (Å²) in [4.78, 5) is 0. The van der Waals surface area contributed by atoms with Gasteiger partial charge in [-0.15, -0.1) is 52.6 Å². The molecule has 1 rings (SSSR count). The maximum atomic E-state index is 6.51. The molecule has 34 heavy (non-hydrogen) atoms. The van der Waals surface area contributed by atoms with Crippen molar-refractivity contribution >= 4 is 39.1 Å². The minimum Gasteiger partial charge on any atom is -0.418 e. The summed E-state index contributed by atoms with van der Waals surface area (Å²) in [6.07, 6.45) is 16.7. The van der Waals surface area contributed by atoms with E-state index in [2.05, 4.69) is 52.6 Å². The molecular formula is C26H44O4Si4. The van der Waals surface area contributed by atoms with Gasteiger partial charge in [-0.1, -0.05) is 48.6 Å². The molecule has 0 radical (unpaired) electrons. The standard InChI is InChI=1S/C26H44O4Si4/c1-9-19(10-2)31-27-23-17-25(29-33-21(13-5)14-6)26(30-34-22(15-7)16-8)18-24(23)28-32-20(11-3)12-4/h9-16,19-26H,1-8,17-18,31-34H2. The van der Waals surface area contributed by atoms with Crippen LogP contribution in [0.3, 0.4) is 0 Å². The summed E-state index contributed by atoms with van der Waals surface area (Å²) in [6.45, 7) is 31.3. The Hall–Kier alpha value is -1.37. The fraction of sp³-hybridized carbons (Fsp3) is 0.385. The zero-order chi connectivity index (χ0) is 25.3. The first-order valence-corrected chi connectivity index (χ1v) is 17.5. The second kappa shape index (κ2) is 18.0. The molecule has 1 saturated carbocycles. The fourth-order valence-corrected chi connectivity index (χ4v) is 8.00. The third kappa shape index (κ3) is 10.5. The van der Waals surface area contributed by atoms with Crippen LogP contribution in [0, 0.1) is 0 Å². The predicted octanol–water partition coefficient (Wildman–Crippen LogP) is 3.30. The molecule has 1 aliphatic rings. The van der Waals surface area contributed by atoms with Crippen LogP contribution in [-0.4, -0.2) is 63.5 Å². The van der Waals surface area contributed by atoms with Crippen molar-refractivity contribution < 1.29 is 17.7 Å². The monoisotopic (exact) mass is 532 g/mol. The number of allylic oxidation sites excluding steroid dienone is 8. The molecule has 1 fully saturated rings. The SMILES string of the molecule is C=CC(C=C)[SiH2]OC1CC(O[SiH2]C(C=C)C=C)C(O[SiH2]C(C=C)C=C)CC1O[SiH2]C(C=C)C=C. The van der Waals surface area contributed by atoms with Crippen LogP contribution in [0.2, 0.25) is 22.2 Å². The van der Waals surface area contributed by atoms with E-state index in [1.54, 1.807) is 0 Å². The zero-order valence-corrected chi connectivity index (χ0v) is 26.4. The third-order valence-electron chi connectivity index (χ3n) is 6.19. The molecule has 0 aromatic rings. The van der Waals surface area contributed by atoms with Crippen molar-refractivity contribution in [1.29, 1.82) is 0 Å². The minimum absolute atomic E-state index is 0.0297. The van der Waals surface area contributed by atoms with Crippen molar-refractivity contribution in [1.82, 2.24) is 0 Å². The quantitative estimate of drug-likeness (QED) is 0.178. The molecule has 0 heterocycles. The Bertz CT molecular complexity index is 552. The lowest BCUT2D eigenvalue weighted by atomic mass is 9.90. The van der Waals surface area contributed by atoms with Crippen molar-refractivity contribution in [2.24, 2.45) is 0 Å². The van der Waals surface area contributed by atoms with E-state index in [-0.39, 0.29) is 46.6 Å². The maximum Gasteiger partial charge on any atom is 0.172 e. The van der Waals surface area contributed by atoms with Crippen LogP contribution in [0.5, 0.6) is 0 Å². The number of rotatable bonds is 20. The third-order valence-corrected chi connectivity index (χ3v) is 12.9. The summed E-state index contributed by atoms with van der Waals surface area (Å²) in [7, 11) is -3.54. The van der Waals surface area contributed by atoms with Crippen LogP contribution in [-0.2, 0) is 17.7 Å². The highest BCUT2D eigenvalue weighted by molar-refractivity contribution is 6.33.